The zero-order valence-corrected chi connectivity index (χ0v) is 10.00. The van der Waals surface area contributed by atoms with Gasteiger partial charge in [0, 0.05) is 11.6 Å². The molecule has 16 heavy (non-hydrogen) atoms. The Hall–Kier alpha value is -1.06. The first-order valence-corrected chi connectivity index (χ1v) is 5.88. The molecule has 1 unspecified atom stereocenters. The minimum absolute atomic E-state index is 0.0221. The van der Waals surface area contributed by atoms with Crippen molar-refractivity contribution in [3.63, 3.8) is 0 Å². The van der Waals surface area contributed by atoms with Gasteiger partial charge in [-0.15, -0.1) is 0 Å². The van der Waals surface area contributed by atoms with Crippen molar-refractivity contribution < 1.29 is 4.79 Å². The lowest BCUT2D eigenvalue weighted by atomic mass is 10.1. The van der Waals surface area contributed by atoms with Gasteiger partial charge in [-0.25, -0.2) is 0 Å². The van der Waals surface area contributed by atoms with Gasteiger partial charge in [0.2, 0.25) is 5.91 Å². The van der Waals surface area contributed by atoms with Crippen molar-refractivity contribution in [1.29, 1.82) is 0 Å². The van der Waals surface area contributed by atoms with Crippen LogP contribution in [-0.2, 0) is 4.79 Å². The maximum absolute atomic E-state index is 11.7. The fourth-order valence-corrected chi connectivity index (χ4v) is 2.21. The van der Waals surface area contributed by atoms with Gasteiger partial charge >= 0.3 is 0 Å². The molecule has 1 aromatic carbocycles. The number of carbonyl (C=O) groups is 1. The van der Waals surface area contributed by atoms with E-state index >= 15 is 0 Å². The summed E-state index contributed by atoms with van der Waals surface area (Å²) in [6.07, 6.45) is 0.941. The summed E-state index contributed by atoms with van der Waals surface area (Å²) in [7, 11) is 0. The summed E-state index contributed by atoms with van der Waals surface area (Å²) in [6, 6.07) is 7.64. The van der Waals surface area contributed by atoms with E-state index in [9.17, 15) is 4.79 Å². The van der Waals surface area contributed by atoms with Gasteiger partial charge in [-0.05, 0) is 24.1 Å². The van der Waals surface area contributed by atoms with Crippen LogP contribution in [-0.4, -0.2) is 23.9 Å². The van der Waals surface area contributed by atoms with Gasteiger partial charge in [-0.1, -0.05) is 30.7 Å². The molecule has 0 spiro atoms. The van der Waals surface area contributed by atoms with E-state index in [4.69, 9.17) is 11.6 Å². The third-order valence-electron chi connectivity index (χ3n) is 2.71. The zero-order valence-electron chi connectivity index (χ0n) is 9.24. The Bertz CT molecular complexity index is 394. The van der Waals surface area contributed by atoms with E-state index < -0.39 is 0 Å². The number of nitrogens with one attached hydrogen (secondary N) is 1. The van der Waals surface area contributed by atoms with E-state index in [1.54, 1.807) is 0 Å². The summed E-state index contributed by atoms with van der Waals surface area (Å²) < 4.78 is 0. The molecule has 2 rings (SSSR count). The standard InChI is InChI=1S/C12H15ClN2O/c1-2-6-15-11(16)8-14-12(15)9-4-3-5-10(13)7-9/h3-5,7,12,14H,2,6,8H2,1H3. The Morgan fingerprint density at radius 2 is 2.38 bits per heavy atom. The van der Waals surface area contributed by atoms with Gasteiger partial charge in [-0.3, -0.25) is 10.1 Å². The first-order valence-electron chi connectivity index (χ1n) is 5.50. The van der Waals surface area contributed by atoms with Crippen LogP contribution in [0.3, 0.4) is 0 Å². The smallest absolute Gasteiger partial charge is 0.238 e. The third kappa shape index (κ3) is 2.20. The second-order valence-electron chi connectivity index (χ2n) is 3.93. The molecule has 3 nitrogen and oxygen atoms in total. The van der Waals surface area contributed by atoms with Crippen molar-refractivity contribution in [2.24, 2.45) is 0 Å². The number of halogens is 1. The lowest BCUT2D eigenvalue weighted by molar-refractivity contribution is -0.128. The van der Waals surface area contributed by atoms with E-state index in [1.807, 2.05) is 29.2 Å². The van der Waals surface area contributed by atoms with E-state index in [0.29, 0.717) is 11.6 Å². The molecule has 1 fully saturated rings. The van der Waals surface area contributed by atoms with Gasteiger partial charge in [0.15, 0.2) is 0 Å². The molecular formula is C12H15ClN2O. The number of amides is 1. The molecule has 1 N–H and O–H groups in total. The van der Waals surface area contributed by atoms with Crippen LogP contribution in [0.5, 0.6) is 0 Å². The highest BCUT2D eigenvalue weighted by atomic mass is 35.5. The van der Waals surface area contributed by atoms with Crippen LogP contribution in [0.1, 0.15) is 25.1 Å². The molecule has 0 aromatic heterocycles. The summed E-state index contributed by atoms with van der Waals surface area (Å²) in [4.78, 5) is 13.5. The fraction of sp³-hybridized carbons (Fsp3) is 0.417. The maximum atomic E-state index is 11.7. The molecule has 4 heteroatoms. The minimum Gasteiger partial charge on any atom is -0.322 e. The van der Waals surface area contributed by atoms with Crippen molar-refractivity contribution in [1.82, 2.24) is 10.2 Å². The fourth-order valence-electron chi connectivity index (χ4n) is 2.01. The van der Waals surface area contributed by atoms with Gasteiger partial charge in [-0.2, -0.15) is 0 Å². The minimum atomic E-state index is -0.0221. The zero-order chi connectivity index (χ0) is 11.5. The molecule has 1 aliphatic heterocycles. The number of rotatable bonds is 3. The van der Waals surface area contributed by atoms with Crippen LogP contribution in [0.2, 0.25) is 5.02 Å². The first-order chi connectivity index (χ1) is 7.72. The molecule has 1 aromatic rings. The number of hydrogen-bond donors (Lipinski definition) is 1. The number of hydrogen-bond acceptors (Lipinski definition) is 2. The number of benzene rings is 1. The molecule has 0 radical (unpaired) electrons. The predicted molar refractivity (Wildman–Crippen MR) is 64.2 cm³/mol. The highest BCUT2D eigenvalue weighted by molar-refractivity contribution is 6.30. The molecule has 0 aliphatic carbocycles. The van der Waals surface area contributed by atoms with E-state index in [2.05, 4.69) is 12.2 Å². The van der Waals surface area contributed by atoms with E-state index in [-0.39, 0.29) is 12.1 Å². The SMILES string of the molecule is CCCN1C(=O)CNC1c1cccc(Cl)c1. The van der Waals surface area contributed by atoms with Crippen molar-refractivity contribution in [3.8, 4) is 0 Å². The second kappa shape index (κ2) is 4.85. The Morgan fingerprint density at radius 3 is 3.06 bits per heavy atom. The summed E-state index contributed by atoms with van der Waals surface area (Å²) in [6.45, 7) is 3.26. The number of carbonyl (C=O) groups excluding carboxylic acids is 1. The molecule has 1 aliphatic rings. The van der Waals surface area contributed by atoms with Crippen LogP contribution >= 0.6 is 11.6 Å². The molecule has 1 saturated heterocycles. The summed E-state index contributed by atoms with van der Waals surface area (Å²) >= 11 is 5.95. The van der Waals surface area contributed by atoms with Gasteiger partial charge < -0.3 is 4.90 Å². The monoisotopic (exact) mass is 238 g/mol. The summed E-state index contributed by atoms with van der Waals surface area (Å²) in [5.41, 5.74) is 1.05. The van der Waals surface area contributed by atoms with Crippen molar-refractivity contribution in [2.45, 2.75) is 19.5 Å². The maximum Gasteiger partial charge on any atom is 0.238 e. The third-order valence-corrected chi connectivity index (χ3v) is 2.94. The average molecular weight is 239 g/mol. The molecule has 0 saturated carbocycles. The molecule has 86 valence electrons. The lowest BCUT2D eigenvalue weighted by Gasteiger charge is -2.24. The van der Waals surface area contributed by atoms with Gasteiger partial charge in [0.1, 0.15) is 6.17 Å². The molecule has 1 heterocycles. The van der Waals surface area contributed by atoms with Crippen molar-refractivity contribution >= 4 is 17.5 Å². The second-order valence-corrected chi connectivity index (χ2v) is 4.36. The summed E-state index contributed by atoms with van der Waals surface area (Å²) in [5, 5.41) is 3.91. The quantitative estimate of drug-likeness (QED) is 0.876. The highest BCUT2D eigenvalue weighted by Crippen LogP contribution is 2.24. The van der Waals surface area contributed by atoms with Crippen molar-refractivity contribution in [2.75, 3.05) is 13.1 Å². The molecule has 0 bridgehead atoms. The highest BCUT2D eigenvalue weighted by Gasteiger charge is 2.30. The predicted octanol–water partition coefficient (Wildman–Crippen LogP) is 2.18. The molecular weight excluding hydrogens is 224 g/mol. The Morgan fingerprint density at radius 1 is 1.56 bits per heavy atom. The molecule has 1 amide bonds. The van der Waals surface area contributed by atoms with E-state index in [0.717, 1.165) is 18.5 Å². The van der Waals surface area contributed by atoms with Crippen LogP contribution in [0.4, 0.5) is 0 Å². The Kier molecular flexibility index (Phi) is 3.46. The largest absolute Gasteiger partial charge is 0.322 e. The van der Waals surface area contributed by atoms with Crippen LogP contribution in [0.25, 0.3) is 0 Å². The molecule has 1 atom stereocenters. The van der Waals surface area contributed by atoms with Crippen LogP contribution in [0, 0.1) is 0 Å². The average Bonchev–Trinajstić information content (AvgIpc) is 2.61. The topological polar surface area (TPSA) is 32.3 Å². The van der Waals surface area contributed by atoms with Crippen LogP contribution < -0.4 is 5.32 Å². The Balaban J connectivity index is 2.23. The van der Waals surface area contributed by atoms with Gasteiger partial charge in [0.25, 0.3) is 0 Å². The summed E-state index contributed by atoms with van der Waals surface area (Å²) in [5.74, 6) is 0.159. The number of nitrogens with zero attached hydrogens (tertiary/aromatic N) is 1. The van der Waals surface area contributed by atoms with Crippen molar-refractivity contribution in [3.05, 3.63) is 34.9 Å². The lowest BCUT2D eigenvalue weighted by Crippen LogP contribution is -2.30. The Labute approximate surface area is 100 Å². The normalized spacial score (nSPS) is 20.5. The first kappa shape index (κ1) is 11.4. The van der Waals surface area contributed by atoms with Gasteiger partial charge in [0.05, 0.1) is 6.54 Å². The van der Waals surface area contributed by atoms with E-state index in [1.165, 1.54) is 0 Å². The van der Waals surface area contributed by atoms with Crippen LogP contribution in [0.15, 0.2) is 24.3 Å².